The van der Waals surface area contributed by atoms with Gasteiger partial charge in [-0.3, -0.25) is 9.69 Å². The lowest BCUT2D eigenvalue weighted by Crippen LogP contribution is -2.32. The minimum atomic E-state index is -0.141. The molecule has 0 bridgehead atoms. The number of amides is 1. The fraction of sp³-hybridized carbons (Fsp3) is 0.318. The molecule has 0 aliphatic carbocycles. The van der Waals surface area contributed by atoms with E-state index in [0.717, 1.165) is 23.7 Å². The highest BCUT2D eigenvalue weighted by molar-refractivity contribution is 6.30. The van der Waals surface area contributed by atoms with Crippen LogP contribution in [0.15, 0.2) is 54.6 Å². The van der Waals surface area contributed by atoms with E-state index in [1.165, 1.54) is 37.6 Å². The standard InChI is InChI=1S/C22H25ClN2O/c1-17-12-14-25(15-13-17)16-19-4-9-21(10-5-19)24-22(26)11-6-18-2-7-20(23)8-3-18/h2-11,17H,12-16H2,1H3,(H,24,26)/b11-6+. The molecule has 0 spiro atoms. The summed E-state index contributed by atoms with van der Waals surface area (Å²) in [7, 11) is 0. The molecule has 1 aliphatic rings. The number of halogens is 1. The fourth-order valence-electron chi connectivity index (χ4n) is 3.10. The molecule has 3 rings (SSSR count). The molecular formula is C22H25ClN2O. The lowest BCUT2D eigenvalue weighted by Gasteiger charge is -2.30. The molecule has 1 aliphatic heterocycles. The third-order valence-electron chi connectivity index (χ3n) is 4.80. The van der Waals surface area contributed by atoms with Gasteiger partial charge in [0.1, 0.15) is 0 Å². The van der Waals surface area contributed by atoms with Crippen molar-refractivity contribution in [3.63, 3.8) is 0 Å². The number of piperidine rings is 1. The molecule has 136 valence electrons. The summed E-state index contributed by atoms with van der Waals surface area (Å²) in [6, 6.07) is 15.5. The molecule has 0 aromatic heterocycles. The first kappa shape index (κ1) is 18.7. The lowest BCUT2D eigenvalue weighted by atomic mass is 9.99. The SMILES string of the molecule is CC1CCN(Cc2ccc(NC(=O)/C=C/c3ccc(Cl)cc3)cc2)CC1. The van der Waals surface area contributed by atoms with E-state index in [9.17, 15) is 4.79 Å². The summed E-state index contributed by atoms with van der Waals surface area (Å²) in [5.41, 5.74) is 3.04. The number of benzene rings is 2. The van der Waals surface area contributed by atoms with Crippen LogP contribution in [-0.2, 0) is 11.3 Å². The van der Waals surface area contributed by atoms with Crippen LogP contribution >= 0.6 is 11.6 Å². The van der Waals surface area contributed by atoms with E-state index in [1.807, 2.05) is 24.3 Å². The van der Waals surface area contributed by atoms with Crippen molar-refractivity contribution in [3.05, 3.63) is 70.8 Å². The van der Waals surface area contributed by atoms with Crippen molar-refractivity contribution in [1.82, 2.24) is 4.90 Å². The molecule has 1 N–H and O–H groups in total. The highest BCUT2D eigenvalue weighted by atomic mass is 35.5. The van der Waals surface area contributed by atoms with Crippen LogP contribution in [0.3, 0.4) is 0 Å². The van der Waals surface area contributed by atoms with Gasteiger partial charge in [-0.1, -0.05) is 42.8 Å². The number of rotatable bonds is 5. The van der Waals surface area contributed by atoms with Gasteiger partial charge < -0.3 is 5.32 Å². The minimum Gasteiger partial charge on any atom is -0.323 e. The van der Waals surface area contributed by atoms with Crippen molar-refractivity contribution in [2.75, 3.05) is 18.4 Å². The highest BCUT2D eigenvalue weighted by Gasteiger charge is 2.15. The van der Waals surface area contributed by atoms with Gasteiger partial charge in [0.15, 0.2) is 0 Å². The number of anilines is 1. The zero-order valence-corrected chi connectivity index (χ0v) is 15.9. The van der Waals surface area contributed by atoms with Crippen molar-refractivity contribution in [2.45, 2.75) is 26.3 Å². The zero-order chi connectivity index (χ0) is 18.4. The molecule has 0 unspecified atom stereocenters. The summed E-state index contributed by atoms with van der Waals surface area (Å²) in [5.74, 6) is 0.711. The van der Waals surface area contributed by atoms with Crippen LogP contribution in [0.1, 0.15) is 30.9 Å². The summed E-state index contributed by atoms with van der Waals surface area (Å²) in [4.78, 5) is 14.6. The van der Waals surface area contributed by atoms with Crippen molar-refractivity contribution >= 4 is 29.3 Å². The second kappa shape index (κ2) is 9.02. The molecule has 1 saturated heterocycles. The topological polar surface area (TPSA) is 32.3 Å². The largest absolute Gasteiger partial charge is 0.323 e. The van der Waals surface area contributed by atoms with Crippen molar-refractivity contribution in [1.29, 1.82) is 0 Å². The van der Waals surface area contributed by atoms with E-state index >= 15 is 0 Å². The Balaban J connectivity index is 1.50. The molecule has 4 heteroatoms. The maximum atomic E-state index is 12.1. The molecule has 0 saturated carbocycles. The summed E-state index contributed by atoms with van der Waals surface area (Å²) >= 11 is 5.86. The predicted molar refractivity (Wildman–Crippen MR) is 109 cm³/mol. The molecule has 26 heavy (non-hydrogen) atoms. The summed E-state index contributed by atoms with van der Waals surface area (Å²) < 4.78 is 0. The van der Waals surface area contributed by atoms with Gasteiger partial charge in [0.25, 0.3) is 0 Å². The summed E-state index contributed by atoms with van der Waals surface area (Å²) in [6.45, 7) is 5.66. The van der Waals surface area contributed by atoms with Gasteiger partial charge in [0.2, 0.25) is 5.91 Å². The molecule has 1 fully saturated rings. The van der Waals surface area contributed by atoms with E-state index in [-0.39, 0.29) is 5.91 Å². The van der Waals surface area contributed by atoms with Crippen LogP contribution < -0.4 is 5.32 Å². The number of carbonyl (C=O) groups excluding carboxylic acids is 1. The smallest absolute Gasteiger partial charge is 0.248 e. The number of nitrogens with one attached hydrogen (secondary N) is 1. The Morgan fingerprint density at radius 1 is 1.12 bits per heavy atom. The van der Waals surface area contributed by atoms with E-state index in [0.29, 0.717) is 5.02 Å². The number of hydrogen-bond donors (Lipinski definition) is 1. The molecule has 0 radical (unpaired) electrons. The number of likely N-dealkylation sites (tertiary alicyclic amines) is 1. The third kappa shape index (κ3) is 5.72. The number of hydrogen-bond acceptors (Lipinski definition) is 2. The molecule has 0 atom stereocenters. The predicted octanol–water partition coefficient (Wildman–Crippen LogP) is 5.22. The van der Waals surface area contributed by atoms with E-state index in [1.54, 1.807) is 18.2 Å². The Kier molecular flexibility index (Phi) is 6.48. The Hall–Kier alpha value is -2.10. The average Bonchev–Trinajstić information content (AvgIpc) is 2.65. The highest BCUT2D eigenvalue weighted by Crippen LogP contribution is 2.19. The van der Waals surface area contributed by atoms with Crippen LogP contribution in [0.4, 0.5) is 5.69 Å². The first-order chi connectivity index (χ1) is 12.6. The van der Waals surface area contributed by atoms with E-state index in [2.05, 4.69) is 29.3 Å². The number of nitrogens with zero attached hydrogens (tertiary/aromatic N) is 1. The molecular weight excluding hydrogens is 344 g/mol. The van der Waals surface area contributed by atoms with E-state index in [4.69, 9.17) is 11.6 Å². The van der Waals surface area contributed by atoms with Gasteiger partial charge in [-0.05, 0) is 73.3 Å². The second-order valence-electron chi connectivity index (χ2n) is 7.03. The molecule has 3 nitrogen and oxygen atoms in total. The monoisotopic (exact) mass is 368 g/mol. The minimum absolute atomic E-state index is 0.141. The van der Waals surface area contributed by atoms with E-state index < -0.39 is 0 Å². The van der Waals surface area contributed by atoms with Gasteiger partial charge in [-0.15, -0.1) is 0 Å². The maximum Gasteiger partial charge on any atom is 0.248 e. The Morgan fingerprint density at radius 2 is 1.77 bits per heavy atom. The lowest BCUT2D eigenvalue weighted by molar-refractivity contribution is -0.111. The van der Waals surface area contributed by atoms with Gasteiger partial charge >= 0.3 is 0 Å². The molecule has 2 aromatic rings. The normalized spacial score (nSPS) is 16.1. The van der Waals surface area contributed by atoms with Crippen LogP contribution in [-0.4, -0.2) is 23.9 Å². The van der Waals surface area contributed by atoms with Crippen molar-refractivity contribution in [3.8, 4) is 0 Å². The van der Waals surface area contributed by atoms with Crippen molar-refractivity contribution < 1.29 is 4.79 Å². The molecule has 1 amide bonds. The van der Waals surface area contributed by atoms with Gasteiger partial charge in [-0.25, -0.2) is 0 Å². The van der Waals surface area contributed by atoms with Gasteiger partial charge in [0.05, 0.1) is 0 Å². The zero-order valence-electron chi connectivity index (χ0n) is 15.1. The Labute approximate surface area is 160 Å². The summed E-state index contributed by atoms with van der Waals surface area (Å²) in [6.07, 6.45) is 5.88. The first-order valence-electron chi connectivity index (χ1n) is 9.14. The summed E-state index contributed by atoms with van der Waals surface area (Å²) in [5, 5.41) is 3.58. The van der Waals surface area contributed by atoms with Crippen molar-refractivity contribution in [2.24, 2.45) is 5.92 Å². The Bertz CT molecular complexity index is 745. The molecule has 2 aromatic carbocycles. The number of carbonyl (C=O) groups is 1. The quantitative estimate of drug-likeness (QED) is 0.733. The fourth-order valence-corrected chi connectivity index (χ4v) is 3.23. The van der Waals surface area contributed by atoms with Gasteiger partial charge in [-0.2, -0.15) is 0 Å². The second-order valence-corrected chi connectivity index (χ2v) is 7.47. The first-order valence-corrected chi connectivity index (χ1v) is 9.52. The van der Waals surface area contributed by atoms with Crippen LogP contribution in [0.25, 0.3) is 6.08 Å². The molecule has 1 heterocycles. The van der Waals surface area contributed by atoms with Gasteiger partial charge in [0, 0.05) is 23.3 Å². The van der Waals surface area contributed by atoms with Crippen LogP contribution in [0.5, 0.6) is 0 Å². The van der Waals surface area contributed by atoms with Crippen LogP contribution in [0.2, 0.25) is 5.02 Å². The third-order valence-corrected chi connectivity index (χ3v) is 5.05. The van der Waals surface area contributed by atoms with Crippen LogP contribution in [0, 0.1) is 5.92 Å². The Morgan fingerprint density at radius 3 is 2.42 bits per heavy atom. The average molecular weight is 369 g/mol. The maximum absolute atomic E-state index is 12.1.